The van der Waals surface area contributed by atoms with Crippen molar-refractivity contribution in [3.05, 3.63) is 18.2 Å². The highest BCUT2D eigenvalue weighted by Crippen LogP contribution is 2.21. The Bertz CT molecular complexity index is 205. The van der Waals surface area contributed by atoms with Crippen molar-refractivity contribution in [1.82, 2.24) is 9.55 Å². The van der Waals surface area contributed by atoms with Gasteiger partial charge < -0.3 is 4.57 Å². The molecule has 62 valence electrons. The van der Waals surface area contributed by atoms with Crippen LogP contribution in [0.25, 0.3) is 0 Å². The molecule has 0 fully saturated rings. The molecule has 0 amide bonds. The van der Waals surface area contributed by atoms with E-state index in [1.165, 1.54) is 0 Å². The van der Waals surface area contributed by atoms with E-state index in [4.69, 9.17) is 0 Å². The van der Waals surface area contributed by atoms with Crippen molar-refractivity contribution >= 4 is 15.9 Å². The zero-order chi connectivity index (χ0) is 8.43. The Morgan fingerprint density at radius 2 is 2.09 bits per heavy atom. The van der Waals surface area contributed by atoms with Gasteiger partial charge in [-0.3, -0.25) is 0 Å². The first-order chi connectivity index (χ1) is 5.13. The molecule has 3 heteroatoms. The maximum absolute atomic E-state index is 4.25. The number of halogens is 1. The molecule has 0 saturated carbocycles. The maximum atomic E-state index is 4.25. The first-order valence-electron chi connectivity index (χ1n) is 3.79. The van der Waals surface area contributed by atoms with Crippen LogP contribution < -0.4 is 0 Å². The number of alkyl halides is 1. The van der Waals surface area contributed by atoms with Gasteiger partial charge in [0.15, 0.2) is 0 Å². The lowest BCUT2D eigenvalue weighted by Gasteiger charge is -2.12. The van der Waals surface area contributed by atoms with Crippen LogP contribution >= 0.6 is 15.9 Å². The Labute approximate surface area is 75.8 Å². The SMILES string of the molecule is CC(Br)c1nccn1C(C)C. The molecule has 1 unspecified atom stereocenters. The van der Waals surface area contributed by atoms with Gasteiger partial charge in [0.1, 0.15) is 5.82 Å². The predicted octanol–water partition coefficient (Wildman–Crippen LogP) is 2.92. The second-order valence-electron chi connectivity index (χ2n) is 2.90. The van der Waals surface area contributed by atoms with Gasteiger partial charge in [-0.15, -0.1) is 0 Å². The summed E-state index contributed by atoms with van der Waals surface area (Å²) in [7, 11) is 0. The van der Waals surface area contributed by atoms with Crippen molar-refractivity contribution in [2.75, 3.05) is 0 Å². The molecule has 0 aliphatic carbocycles. The third-order valence-corrected chi connectivity index (χ3v) is 2.02. The average Bonchev–Trinajstić information content (AvgIpc) is 2.32. The molecule has 1 heterocycles. The summed E-state index contributed by atoms with van der Waals surface area (Å²) in [5.41, 5.74) is 0. The van der Waals surface area contributed by atoms with E-state index in [0.29, 0.717) is 10.9 Å². The monoisotopic (exact) mass is 216 g/mol. The molecule has 11 heavy (non-hydrogen) atoms. The van der Waals surface area contributed by atoms with Crippen molar-refractivity contribution in [2.45, 2.75) is 31.6 Å². The van der Waals surface area contributed by atoms with Gasteiger partial charge in [-0.05, 0) is 20.8 Å². The van der Waals surface area contributed by atoms with Crippen molar-refractivity contribution < 1.29 is 0 Å². The fourth-order valence-corrected chi connectivity index (χ4v) is 1.42. The largest absolute Gasteiger partial charge is 0.332 e. The predicted molar refractivity (Wildman–Crippen MR) is 50.0 cm³/mol. The normalized spacial score (nSPS) is 13.9. The first-order valence-corrected chi connectivity index (χ1v) is 4.71. The summed E-state index contributed by atoms with van der Waals surface area (Å²) in [6, 6.07) is 0.493. The number of hydrogen-bond acceptors (Lipinski definition) is 1. The van der Waals surface area contributed by atoms with Gasteiger partial charge in [0, 0.05) is 18.4 Å². The zero-order valence-corrected chi connectivity index (χ0v) is 8.67. The van der Waals surface area contributed by atoms with Crippen LogP contribution in [0.3, 0.4) is 0 Å². The summed E-state index contributed by atoms with van der Waals surface area (Å²) in [5, 5.41) is 0. The molecule has 0 saturated heterocycles. The van der Waals surface area contributed by atoms with Gasteiger partial charge in [-0.1, -0.05) is 15.9 Å². The van der Waals surface area contributed by atoms with E-state index in [1.807, 2.05) is 12.4 Å². The molecule has 1 aromatic rings. The quantitative estimate of drug-likeness (QED) is 0.696. The smallest absolute Gasteiger partial charge is 0.122 e. The Hall–Kier alpha value is -0.310. The molecule has 1 atom stereocenters. The summed E-state index contributed by atoms with van der Waals surface area (Å²) in [5.74, 6) is 1.10. The third kappa shape index (κ3) is 1.83. The van der Waals surface area contributed by atoms with Gasteiger partial charge in [0.05, 0.1) is 4.83 Å². The van der Waals surface area contributed by atoms with Crippen molar-refractivity contribution in [3.8, 4) is 0 Å². The summed E-state index contributed by atoms with van der Waals surface area (Å²) < 4.78 is 2.17. The lowest BCUT2D eigenvalue weighted by Crippen LogP contribution is -2.05. The van der Waals surface area contributed by atoms with Crippen molar-refractivity contribution in [1.29, 1.82) is 0 Å². The maximum Gasteiger partial charge on any atom is 0.122 e. The molecule has 1 rings (SSSR count). The van der Waals surface area contributed by atoms with Crippen LogP contribution in [0, 0.1) is 0 Å². The molecule has 0 radical (unpaired) electrons. The molecule has 0 spiro atoms. The number of aromatic nitrogens is 2. The van der Waals surface area contributed by atoms with Crippen molar-refractivity contribution in [2.24, 2.45) is 0 Å². The molecular formula is C8H13BrN2. The van der Waals surface area contributed by atoms with E-state index in [1.54, 1.807) is 0 Å². The van der Waals surface area contributed by atoms with Crippen LogP contribution in [0.1, 0.15) is 37.5 Å². The minimum atomic E-state index is 0.333. The standard InChI is InChI=1S/C8H13BrN2/c1-6(2)11-5-4-10-8(11)7(3)9/h4-7H,1-3H3. The number of rotatable bonds is 2. The second kappa shape index (κ2) is 3.39. The first kappa shape index (κ1) is 8.78. The van der Waals surface area contributed by atoms with Crippen molar-refractivity contribution in [3.63, 3.8) is 0 Å². The second-order valence-corrected chi connectivity index (χ2v) is 4.28. The Balaban J connectivity index is 2.96. The fraction of sp³-hybridized carbons (Fsp3) is 0.625. The molecule has 1 aromatic heterocycles. The minimum Gasteiger partial charge on any atom is -0.332 e. The van der Waals surface area contributed by atoms with E-state index in [0.717, 1.165) is 5.82 Å². The van der Waals surface area contributed by atoms with Crippen LogP contribution in [0.15, 0.2) is 12.4 Å². The zero-order valence-electron chi connectivity index (χ0n) is 7.08. The van der Waals surface area contributed by atoms with E-state index in [-0.39, 0.29) is 0 Å². The molecular weight excluding hydrogens is 204 g/mol. The minimum absolute atomic E-state index is 0.333. The van der Waals surface area contributed by atoms with Gasteiger partial charge in [0.25, 0.3) is 0 Å². The molecule has 2 nitrogen and oxygen atoms in total. The van der Waals surface area contributed by atoms with E-state index >= 15 is 0 Å². The van der Waals surface area contributed by atoms with Crippen LogP contribution in [0.5, 0.6) is 0 Å². The van der Waals surface area contributed by atoms with Crippen LogP contribution in [-0.2, 0) is 0 Å². The number of imidazole rings is 1. The number of hydrogen-bond donors (Lipinski definition) is 0. The summed E-state index contributed by atoms with van der Waals surface area (Å²) in [6.07, 6.45) is 3.85. The molecule has 0 aromatic carbocycles. The lowest BCUT2D eigenvalue weighted by atomic mass is 10.3. The Morgan fingerprint density at radius 1 is 1.45 bits per heavy atom. The Kier molecular flexibility index (Phi) is 2.71. The third-order valence-electron chi connectivity index (χ3n) is 1.61. The van der Waals surface area contributed by atoms with Gasteiger partial charge >= 0.3 is 0 Å². The van der Waals surface area contributed by atoms with Gasteiger partial charge in [-0.2, -0.15) is 0 Å². The summed E-state index contributed by atoms with van der Waals surface area (Å²) >= 11 is 3.50. The highest BCUT2D eigenvalue weighted by molar-refractivity contribution is 9.09. The van der Waals surface area contributed by atoms with Gasteiger partial charge in [0.2, 0.25) is 0 Å². The van der Waals surface area contributed by atoms with Gasteiger partial charge in [-0.25, -0.2) is 4.98 Å². The van der Waals surface area contributed by atoms with E-state index < -0.39 is 0 Å². The van der Waals surface area contributed by atoms with Crippen LogP contribution in [-0.4, -0.2) is 9.55 Å². The molecule has 0 aliphatic rings. The molecule has 0 bridgehead atoms. The summed E-state index contributed by atoms with van der Waals surface area (Å²) in [4.78, 5) is 4.59. The fourth-order valence-electron chi connectivity index (χ4n) is 1.07. The highest BCUT2D eigenvalue weighted by Gasteiger charge is 2.09. The van der Waals surface area contributed by atoms with Crippen LogP contribution in [0.4, 0.5) is 0 Å². The summed E-state index contributed by atoms with van der Waals surface area (Å²) in [6.45, 7) is 6.39. The highest BCUT2D eigenvalue weighted by atomic mass is 79.9. The van der Waals surface area contributed by atoms with E-state index in [2.05, 4.69) is 46.3 Å². The number of nitrogens with zero attached hydrogens (tertiary/aromatic N) is 2. The lowest BCUT2D eigenvalue weighted by molar-refractivity contribution is 0.570. The topological polar surface area (TPSA) is 17.8 Å². The average molecular weight is 217 g/mol. The molecule has 0 N–H and O–H groups in total. The molecule has 0 aliphatic heterocycles. The van der Waals surface area contributed by atoms with E-state index in [9.17, 15) is 0 Å². The Morgan fingerprint density at radius 3 is 2.45 bits per heavy atom. The van der Waals surface area contributed by atoms with Crippen LogP contribution in [0.2, 0.25) is 0 Å².